The topological polar surface area (TPSA) is 12.0 Å². The molecule has 0 fully saturated rings. The summed E-state index contributed by atoms with van der Waals surface area (Å²) >= 11 is 0. The van der Waals surface area contributed by atoms with Crippen LogP contribution in [0.2, 0.25) is 0 Å². The Bertz CT molecular complexity index is 294. The first kappa shape index (κ1) is 15.2. The zero-order valence-corrected chi connectivity index (χ0v) is 12.3. The summed E-state index contributed by atoms with van der Waals surface area (Å²) in [6.45, 7) is 7.82. The molecule has 0 aromatic heterocycles. The molecule has 1 rings (SSSR count). The zero-order chi connectivity index (χ0) is 13.2. The van der Waals surface area contributed by atoms with Crippen molar-refractivity contribution < 1.29 is 0 Å². The molecule has 1 unspecified atom stereocenters. The third-order valence-corrected chi connectivity index (χ3v) is 3.49. The van der Waals surface area contributed by atoms with Gasteiger partial charge in [-0.3, -0.25) is 0 Å². The summed E-state index contributed by atoms with van der Waals surface area (Å²) in [5.41, 5.74) is 2.82. The van der Waals surface area contributed by atoms with Crippen LogP contribution < -0.4 is 5.32 Å². The van der Waals surface area contributed by atoms with Crippen molar-refractivity contribution in [2.45, 2.75) is 65.3 Å². The summed E-state index contributed by atoms with van der Waals surface area (Å²) in [5.74, 6) is 0. The van der Waals surface area contributed by atoms with E-state index in [9.17, 15) is 0 Å². The number of benzene rings is 1. The minimum atomic E-state index is 0.700. The number of hydrogen-bond acceptors (Lipinski definition) is 1. The van der Waals surface area contributed by atoms with E-state index in [-0.39, 0.29) is 0 Å². The van der Waals surface area contributed by atoms with Gasteiger partial charge in [0.25, 0.3) is 0 Å². The third-order valence-electron chi connectivity index (χ3n) is 3.49. The molecule has 0 heterocycles. The number of unbranched alkanes of at least 4 members (excludes halogenated alkanes) is 1. The van der Waals surface area contributed by atoms with Gasteiger partial charge in [0, 0.05) is 6.04 Å². The van der Waals surface area contributed by atoms with Crippen LogP contribution in [-0.4, -0.2) is 12.6 Å². The van der Waals surface area contributed by atoms with E-state index < -0.39 is 0 Å². The fraction of sp³-hybridized carbons (Fsp3) is 0.647. The van der Waals surface area contributed by atoms with Crippen LogP contribution in [0.5, 0.6) is 0 Å². The molecule has 1 aromatic carbocycles. The van der Waals surface area contributed by atoms with Crippen molar-refractivity contribution in [1.82, 2.24) is 5.32 Å². The molecule has 0 aliphatic carbocycles. The van der Waals surface area contributed by atoms with Crippen molar-refractivity contribution in [3.05, 3.63) is 35.4 Å². The fourth-order valence-corrected chi connectivity index (χ4v) is 2.24. The van der Waals surface area contributed by atoms with Crippen LogP contribution in [0.15, 0.2) is 24.3 Å². The van der Waals surface area contributed by atoms with E-state index in [1.807, 2.05) is 0 Å². The van der Waals surface area contributed by atoms with Crippen molar-refractivity contribution in [1.29, 1.82) is 0 Å². The molecule has 0 spiro atoms. The second-order valence-corrected chi connectivity index (χ2v) is 5.32. The largest absolute Gasteiger partial charge is 0.314 e. The van der Waals surface area contributed by atoms with Crippen LogP contribution in [0.25, 0.3) is 0 Å². The Labute approximate surface area is 113 Å². The molecule has 102 valence electrons. The lowest BCUT2D eigenvalue weighted by atomic mass is 10.0. The summed E-state index contributed by atoms with van der Waals surface area (Å²) in [7, 11) is 0. The van der Waals surface area contributed by atoms with Gasteiger partial charge < -0.3 is 5.32 Å². The van der Waals surface area contributed by atoms with Gasteiger partial charge in [-0.1, -0.05) is 56.5 Å². The molecule has 0 aliphatic heterocycles. The maximum absolute atomic E-state index is 3.69. The van der Waals surface area contributed by atoms with E-state index in [0.717, 1.165) is 6.54 Å². The lowest BCUT2D eigenvalue weighted by Gasteiger charge is -2.18. The highest BCUT2D eigenvalue weighted by Gasteiger charge is 2.07. The summed E-state index contributed by atoms with van der Waals surface area (Å²) in [6, 6.07) is 9.68. The molecule has 0 radical (unpaired) electrons. The van der Waals surface area contributed by atoms with Crippen molar-refractivity contribution in [2.24, 2.45) is 0 Å². The van der Waals surface area contributed by atoms with Crippen molar-refractivity contribution >= 4 is 0 Å². The fourth-order valence-electron chi connectivity index (χ4n) is 2.24. The van der Waals surface area contributed by atoms with Gasteiger partial charge in [-0.15, -0.1) is 0 Å². The maximum atomic E-state index is 3.69. The van der Waals surface area contributed by atoms with Gasteiger partial charge in [0.15, 0.2) is 0 Å². The van der Waals surface area contributed by atoms with Crippen LogP contribution in [0.1, 0.15) is 57.1 Å². The van der Waals surface area contributed by atoms with Crippen LogP contribution in [-0.2, 0) is 6.42 Å². The van der Waals surface area contributed by atoms with Gasteiger partial charge >= 0.3 is 0 Å². The maximum Gasteiger partial charge on any atom is 0.00702 e. The number of rotatable bonds is 9. The Morgan fingerprint density at radius 2 is 1.72 bits per heavy atom. The van der Waals surface area contributed by atoms with E-state index in [1.54, 1.807) is 0 Å². The summed E-state index contributed by atoms with van der Waals surface area (Å²) in [4.78, 5) is 0. The van der Waals surface area contributed by atoms with Gasteiger partial charge in [-0.25, -0.2) is 0 Å². The SMILES string of the molecule is CCCCC(CCc1ccc(C)cc1)NCCC. The van der Waals surface area contributed by atoms with Crippen LogP contribution in [0, 0.1) is 6.92 Å². The van der Waals surface area contributed by atoms with Gasteiger partial charge in [0.1, 0.15) is 0 Å². The average Bonchev–Trinajstić information content (AvgIpc) is 2.40. The zero-order valence-electron chi connectivity index (χ0n) is 12.3. The molecule has 0 aliphatic rings. The van der Waals surface area contributed by atoms with Crippen molar-refractivity contribution in [2.75, 3.05) is 6.54 Å². The molecule has 0 amide bonds. The molecular weight excluding hydrogens is 218 g/mol. The normalized spacial score (nSPS) is 12.6. The first-order chi connectivity index (χ1) is 8.76. The number of hydrogen-bond donors (Lipinski definition) is 1. The standard InChI is InChI=1S/C17H29N/c1-4-6-7-17(18-14-5-2)13-12-16-10-8-15(3)9-11-16/h8-11,17-18H,4-7,12-14H2,1-3H3. The smallest absolute Gasteiger partial charge is 0.00702 e. The Hall–Kier alpha value is -0.820. The van der Waals surface area contributed by atoms with Crippen LogP contribution in [0.4, 0.5) is 0 Å². The Morgan fingerprint density at radius 1 is 1.00 bits per heavy atom. The van der Waals surface area contributed by atoms with E-state index >= 15 is 0 Å². The predicted octanol–water partition coefficient (Wildman–Crippen LogP) is 4.49. The predicted molar refractivity (Wildman–Crippen MR) is 81.1 cm³/mol. The number of nitrogens with one attached hydrogen (secondary N) is 1. The Balaban J connectivity index is 2.37. The summed E-state index contributed by atoms with van der Waals surface area (Å²) in [6.07, 6.45) is 7.66. The van der Waals surface area contributed by atoms with Crippen LogP contribution >= 0.6 is 0 Å². The molecule has 0 saturated carbocycles. The lowest BCUT2D eigenvalue weighted by Crippen LogP contribution is -2.30. The monoisotopic (exact) mass is 247 g/mol. The highest BCUT2D eigenvalue weighted by atomic mass is 14.9. The molecule has 1 atom stereocenters. The molecule has 0 bridgehead atoms. The lowest BCUT2D eigenvalue weighted by molar-refractivity contribution is 0.439. The second-order valence-electron chi connectivity index (χ2n) is 5.32. The molecule has 18 heavy (non-hydrogen) atoms. The van der Waals surface area contributed by atoms with E-state index in [4.69, 9.17) is 0 Å². The number of aryl methyl sites for hydroxylation is 2. The second kappa shape index (κ2) is 9.16. The minimum absolute atomic E-state index is 0.700. The molecule has 0 saturated heterocycles. The van der Waals surface area contributed by atoms with E-state index in [0.29, 0.717) is 6.04 Å². The van der Waals surface area contributed by atoms with Crippen LogP contribution in [0.3, 0.4) is 0 Å². The van der Waals surface area contributed by atoms with Gasteiger partial charge in [0.05, 0.1) is 0 Å². The molecule has 1 nitrogen and oxygen atoms in total. The van der Waals surface area contributed by atoms with Gasteiger partial charge in [-0.05, 0) is 44.7 Å². The molecule has 1 aromatic rings. The molecule has 1 N–H and O–H groups in total. The van der Waals surface area contributed by atoms with Crippen molar-refractivity contribution in [3.63, 3.8) is 0 Å². The van der Waals surface area contributed by atoms with E-state index in [1.165, 1.54) is 49.7 Å². The Morgan fingerprint density at radius 3 is 2.33 bits per heavy atom. The average molecular weight is 247 g/mol. The Kier molecular flexibility index (Phi) is 7.75. The van der Waals surface area contributed by atoms with E-state index in [2.05, 4.69) is 50.4 Å². The molecule has 1 heteroatoms. The minimum Gasteiger partial charge on any atom is -0.314 e. The quantitative estimate of drug-likeness (QED) is 0.678. The molecular formula is C17H29N. The highest BCUT2D eigenvalue weighted by molar-refractivity contribution is 5.21. The highest BCUT2D eigenvalue weighted by Crippen LogP contribution is 2.11. The first-order valence-corrected chi connectivity index (χ1v) is 7.55. The van der Waals surface area contributed by atoms with Gasteiger partial charge in [-0.2, -0.15) is 0 Å². The van der Waals surface area contributed by atoms with Crippen molar-refractivity contribution in [3.8, 4) is 0 Å². The van der Waals surface area contributed by atoms with Gasteiger partial charge in [0.2, 0.25) is 0 Å². The third kappa shape index (κ3) is 6.20. The first-order valence-electron chi connectivity index (χ1n) is 7.55. The summed E-state index contributed by atoms with van der Waals surface area (Å²) < 4.78 is 0. The summed E-state index contributed by atoms with van der Waals surface area (Å²) in [5, 5.41) is 3.69.